The van der Waals surface area contributed by atoms with Gasteiger partial charge < -0.3 is 5.32 Å². The van der Waals surface area contributed by atoms with Crippen LogP contribution in [0.1, 0.15) is 16.7 Å². The molecule has 0 aliphatic carbocycles. The van der Waals surface area contributed by atoms with Crippen molar-refractivity contribution in [3.63, 3.8) is 0 Å². The van der Waals surface area contributed by atoms with Crippen molar-refractivity contribution in [1.82, 2.24) is 0 Å². The van der Waals surface area contributed by atoms with E-state index in [-0.39, 0.29) is 0 Å². The molecule has 3 heteroatoms. The third-order valence-corrected chi connectivity index (χ3v) is 4.43. The molecule has 0 saturated heterocycles. The fourth-order valence-electron chi connectivity index (χ4n) is 2.85. The number of fused-ring (bicyclic) bond motifs is 1. The fourth-order valence-corrected chi connectivity index (χ4v) is 2.97. The Morgan fingerprint density at radius 2 is 1.60 bits per heavy atom. The minimum absolute atomic E-state index is 0.737. The van der Waals surface area contributed by atoms with Crippen LogP contribution in [0.2, 0.25) is 5.02 Å². The zero-order valence-electron chi connectivity index (χ0n) is 13.8. The van der Waals surface area contributed by atoms with Gasteiger partial charge in [-0.15, -0.1) is 0 Å². The summed E-state index contributed by atoms with van der Waals surface area (Å²) in [5, 5.41) is 4.19. The van der Waals surface area contributed by atoms with Crippen LogP contribution in [0.5, 0.6) is 0 Å². The number of amidine groups is 1. The summed E-state index contributed by atoms with van der Waals surface area (Å²) in [6, 6.07) is 24.3. The molecule has 1 N–H and O–H groups in total. The SMILES string of the molecule is Cc1ccc(NC2=Nc3ccccc3C2=Cc2ccc(Cl)cc2)cc1. The van der Waals surface area contributed by atoms with Gasteiger partial charge in [0.05, 0.1) is 5.69 Å². The van der Waals surface area contributed by atoms with Crippen LogP contribution >= 0.6 is 11.6 Å². The molecule has 0 amide bonds. The Balaban J connectivity index is 1.74. The van der Waals surface area contributed by atoms with Gasteiger partial charge in [0.15, 0.2) is 0 Å². The first-order valence-corrected chi connectivity index (χ1v) is 8.56. The van der Waals surface area contributed by atoms with E-state index >= 15 is 0 Å². The number of nitrogens with zero attached hydrogens (tertiary/aromatic N) is 1. The number of benzene rings is 3. The summed E-state index contributed by atoms with van der Waals surface area (Å²) >= 11 is 6.00. The maximum atomic E-state index is 6.00. The highest BCUT2D eigenvalue weighted by Crippen LogP contribution is 2.36. The maximum absolute atomic E-state index is 6.00. The van der Waals surface area contributed by atoms with Crippen molar-refractivity contribution in [2.75, 3.05) is 5.32 Å². The Hall–Kier alpha value is -2.84. The lowest BCUT2D eigenvalue weighted by molar-refractivity contribution is 1.46. The Kier molecular flexibility index (Phi) is 4.12. The molecule has 3 aromatic rings. The van der Waals surface area contributed by atoms with E-state index in [1.165, 1.54) is 5.56 Å². The molecule has 0 radical (unpaired) electrons. The second-order valence-electron chi connectivity index (χ2n) is 6.08. The topological polar surface area (TPSA) is 24.4 Å². The van der Waals surface area contributed by atoms with Gasteiger partial charge in [-0.05, 0) is 48.9 Å². The number of anilines is 1. The maximum Gasteiger partial charge on any atom is 0.139 e. The smallest absolute Gasteiger partial charge is 0.139 e. The number of hydrogen-bond acceptors (Lipinski definition) is 2. The van der Waals surface area contributed by atoms with Crippen molar-refractivity contribution < 1.29 is 0 Å². The zero-order chi connectivity index (χ0) is 17.2. The van der Waals surface area contributed by atoms with Gasteiger partial charge in [-0.3, -0.25) is 0 Å². The number of aliphatic imine (C=N–C) groups is 1. The number of rotatable bonds is 2. The first-order valence-electron chi connectivity index (χ1n) is 8.18. The molecule has 0 unspecified atom stereocenters. The Bertz CT molecular complexity index is 968. The first-order chi connectivity index (χ1) is 12.2. The van der Waals surface area contributed by atoms with Crippen molar-refractivity contribution in [3.8, 4) is 0 Å². The molecular weight excluding hydrogens is 328 g/mol. The molecule has 1 heterocycles. The fraction of sp³-hybridized carbons (Fsp3) is 0.0455. The van der Waals surface area contributed by atoms with E-state index in [2.05, 4.69) is 48.6 Å². The van der Waals surface area contributed by atoms with Gasteiger partial charge in [0.25, 0.3) is 0 Å². The Morgan fingerprint density at radius 1 is 0.880 bits per heavy atom. The van der Waals surface area contributed by atoms with E-state index < -0.39 is 0 Å². The van der Waals surface area contributed by atoms with Crippen LogP contribution < -0.4 is 5.32 Å². The van der Waals surface area contributed by atoms with Gasteiger partial charge in [0.1, 0.15) is 5.84 Å². The molecule has 1 aliphatic rings. The van der Waals surface area contributed by atoms with Crippen LogP contribution in [0.25, 0.3) is 11.6 Å². The van der Waals surface area contributed by atoms with Crippen molar-refractivity contribution in [2.24, 2.45) is 4.99 Å². The second-order valence-corrected chi connectivity index (χ2v) is 6.51. The summed E-state index contributed by atoms with van der Waals surface area (Å²) in [5.41, 5.74) is 6.55. The van der Waals surface area contributed by atoms with Crippen molar-refractivity contribution >= 4 is 40.5 Å². The summed E-state index contributed by atoms with van der Waals surface area (Å²) in [6.07, 6.45) is 2.14. The molecular formula is C22H17ClN2. The van der Waals surface area contributed by atoms with Crippen LogP contribution in [-0.2, 0) is 0 Å². The third-order valence-electron chi connectivity index (χ3n) is 4.18. The van der Waals surface area contributed by atoms with Crippen molar-refractivity contribution in [1.29, 1.82) is 0 Å². The van der Waals surface area contributed by atoms with E-state index in [9.17, 15) is 0 Å². The average Bonchev–Trinajstić information content (AvgIpc) is 2.96. The van der Waals surface area contributed by atoms with E-state index in [4.69, 9.17) is 16.6 Å². The Morgan fingerprint density at radius 3 is 2.36 bits per heavy atom. The predicted molar refractivity (Wildman–Crippen MR) is 108 cm³/mol. The standard InChI is InChI=1S/C22H17ClN2/c1-15-6-12-18(13-7-15)24-22-20(14-16-8-10-17(23)11-9-16)19-4-2-3-5-21(19)25-22/h2-14H,1H3,(H,24,25). The van der Waals surface area contributed by atoms with Gasteiger partial charge in [-0.2, -0.15) is 0 Å². The summed E-state index contributed by atoms with van der Waals surface area (Å²) in [5.74, 6) is 0.861. The van der Waals surface area contributed by atoms with E-state index in [1.807, 2.05) is 42.5 Å². The first kappa shape index (κ1) is 15.7. The number of nitrogens with one attached hydrogen (secondary N) is 1. The molecule has 0 saturated carbocycles. The molecule has 2 nitrogen and oxygen atoms in total. The van der Waals surface area contributed by atoms with Crippen LogP contribution in [0.4, 0.5) is 11.4 Å². The molecule has 4 rings (SSSR count). The van der Waals surface area contributed by atoms with Gasteiger partial charge in [0.2, 0.25) is 0 Å². The molecule has 0 aromatic heterocycles. The quantitative estimate of drug-likeness (QED) is 0.576. The van der Waals surface area contributed by atoms with E-state index in [1.54, 1.807) is 0 Å². The van der Waals surface area contributed by atoms with E-state index in [0.29, 0.717) is 0 Å². The van der Waals surface area contributed by atoms with Gasteiger partial charge >= 0.3 is 0 Å². The Labute approximate surface area is 152 Å². The minimum Gasteiger partial charge on any atom is -0.340 e. The van der Waals surface area contributed by atoms with Crippen LogP contribution in [0.15, 0.2) is 77.8 Å². The van der Waals surface area contributed by atoms with Gasteiger partial charge in [-0.25, -0.2) is 4.99 Å². The molecule has 0 atom stereocenters. The molecule has 3 aromatic carbocycles. The number of aryl methyl sites for hydroxylation is 1. The highest BCUT2D eigenvalue weighted by Gasteiger charge is 2.20. The number of para-hydroxylation sites is 1. The summed E-state index contributed by atoms with van der Waals surface area (Å²) in [7, 11) is 0. The molecule has 0 bridgehead atoms. The van der Waals surface area contributed by atoms with Crippen LogP contribution in [0.3, 0.4) is 0 Å². The largest absolute Gasteiger partial charge is 0.340 e. The summed E-state index contributed by atoms with van der Waals surface area (Å²) in [4.78, 5) is 4.78. The average molecular weight is 345 g/mol. The molecule has 1 aliphatic heterocycles. The number of halogens is 1. The lowest BCUT2D eigenvalue weighted by atomic mass is 10.0. The molecule has 25 heavy (non-hydrogen) atoms. The summed E-state index contributed by atoms with van der Waals surface area (Å²) in [6.45, 7) is 2.08. The molecule has 0 spiro atoms. The lowest BCUT2D eigenvalue weighted by Gasteiger charge is -2.09. The van der Waals surface area contributed by atoms with Crippen LogP contribution in [0, 0.1) is 6.92 Å². The highest BCUT2D eigenvalue weighted by atomic mass is 35.5. The lowest BCUT2D eigenvalue weighted by Crippen LogP contribution is -2.10. The van der Waals surface area contributed by atoms with Gasteiger partial charge in [0, 0.05) is 21.8 Å². The third kappa shape index (κ3) is 3.35. The second kappa shape index (κ2) is 6.58. The van der Waals surface area contributed by atoms with Crippen molar-refractivity contribution in [2.45, 2.75) is 6.92 Å². The monoisotopic (exact) mass is 344 g/mol. The van der Waals surface area contributed by atoms with Gasteiger partial charge in [-0.1, -0.05) is 59.6 Å². The zero-order valence-corrected chi connectivity index (χ0v) is 14.6. The minimum atomic E-state index is 0.737. The normalized spacial score (nSPS) is 14.3. The van der Waals surface area contributed by atoms with Crippen molar-refractivity contribution in [3.05, 3.63) is 94.5 Å². The summed E-state index contributed by atoms with van der Waals surface area (Å²) < 4.78 is 0. The molecule has 122 valence electrons. The predicted octanol–water partition coefficient (Wildman–Crippen LogP) is 6.34. The highest BCUT2D eigenvalue weighted by molar-refractivity contribution is 6.36. The number of hydrogen-bond donors (Lipinski definition) is 1. The van der Waals surface area contributed by atoms with Crippen LogP contribution in [-0.4, -0.2) is 5.84 Å². The molecule has 0 fully saturated rings. The van der Waals surface area contributed by atoms with E-state index in [0.717, 1.165) is 38.9 Å².